The van der Waals surface area contributed by atoms with E-state index in [1.807, 2.05) is 0 Å². The van der Waals surface area contributed by atoms with Crippen molar-refractivity contribution >= 4 is 33.3 Å². The summed E-state index contributed by atoms with van der Waals surface area (Å²) in [7, 11) is 0. The van der Waals surface area contributed by atoms with Crippen molar-refractivity contribution in [2.24, 2.45) is 0 Å². The van der Waals surface area contributed by atoms with Crippen LogP contribution >= 0.6 is 27.3 Å². The van der Waals surface area contributed by atoms with Gasteiger partial charge in [-0.3, -0.25) is 0 Å². The molecule has 0 unspecified atom stereocenters. The first-order valence-electron chi connectivity index (χ1n) is 4.45. The van der Waals surface area contributed by atoms with Gasteiger partial charge < -0.3 is 5.32 Å². The average molecular weight is 260 g/mol. The fourth-order valence-electron chi connectivity index (χ4n) is 0.977. The predicted octanol–water partition coefficient (Wildman–Crippen LogP) is 3.52. The molecule has 0 bridgehead atoms. The summed E-state index contributed by atoms with van der Waals surface area (Å²) in [5.41, 5.74) is 0. The Morgan fingerprint density at radius 3 is 3.08 bits per heavy atom. The van der Waals surface area contributed by atoms with Crippen molar-refractivity contribution in [2.75, 3.05) is 13.1 Å². The Bertz CT molecular complexity index is 268. The maximum absolute atomic E-state index is 3.49. The zero-order valence-electron chi connectivity index (χ0n) is 7.72. The summed E-state index contributed by atoms with van der Waals surface area (Å²) in [6.45, 7) is 4.24. The molecule has 0 atom stereocenters. The molecule has 0 radical (unpaired) electrons. The van der Waals surface area contributed by atoms with Crippen LogP contribution in [0.2, 0.25) is 0 Å². The Balaban J connectivity index is 2.28. The van der Waals surface area contributed by atoms with Crippen LogP contribution in [-0.4, -0.2) is 13.1 Å². The van der Waals surface area contributed by atoms with Crippen molar-refractivity contribution in [3.8, 4) is 0 Å². The Hall–Kier alpha value is -0.120. The molecule has 0 aliphatic carbocycles. The fourth-order valence-corrected chi connectivity index (χ4v) is 2.40. The van der Waals surface area contributed by atoms with Crippen LogP contribution in [-0.2, 0) is 0 Å². The molecule has 13 heavy (non-hydrogen) atoms. The summed E-state index contributed by atoms with van der Waals surface area (Å²) in [4.78, 5) is 1.30. The maximum atomic E-state index is 3.49. The summed E-state index contributed by atoms with van der Waals surface area (Å²) in [5, 5.41) is 5.37. The van der Waals surface area contributed by atoms with E-state index >= 15 is 0 Å². The van der Waals surface area contributed by atoms with Gasteiger partial charge in [-0.15, -0.1) is 11.3 Å². The normalized spacial score (nSPS) is 11.2. The third-order valence-electron chi connectivity index (χ3n) is 1.65. The first-order valence-corrected chi connectivity index (χ1v) is 6.12. The smallest absolute Gasteiger partial charge is 0.0409 e. The van der Waals surface area contributed by atoms with Gasteiger partial charge in [0.15, 0.2) is 0 Å². The topological polar surface area (TPSA) is 12.0 Å². The Kier molecular flexibility index (Phi) is 5.35. The number of thiophene rings is 1. The van der Waals surface area contributed by atoms with Gasteiger partial charge in [-0.2, -0.15) is 0 Å². The molecule has 0 aliphatic heterocycles. The van der Waals surface area contributed by atoms with Crippen LogP contribution in [0.5, 0.6) is 0 Å². The molecule has 1 aromatic heterocycles. The third-order valence-corrected chi connectivity index (χ3v) is 3.49. The van der Waals surface area contributed by atoms with Gasteiger partial charge >= 0.3 is 0 Å². The minimum absolute atomic E-state index is 1.05. The molecule has 1 heterocycles. The molecule has 1 rings (SSSR count). The Morgan fingerprint density at radius 2 is 2.46 bits per heavy atom. The van der Waals surface area contributed by atoms with Gasteiger partial charge in [0.1, 0.15) is 0 Å². The molecule has 0 aliphatic rings. The monoisotopic (exact) mass is 259 g/mol. The second-order valence-electron chi connectivity index (χ2n) is 2.68. The van der Waals surface area contributed by atoms with Crippen LogP contribution in [0.15, 0.2) is 22.0 Å². The molecule has 1 aromatic rings. The Labute approximate surface area is 92.0 Å². The van der Waals surface area contributed by atoms with E-state index in [2.05, 4.69) is 51.8 Å². The minimum Gasteiger partial charge on any atom is -0.317 e. The average Bonchev–Trinajstić information content (AvgIpc) is 2.52. The maximum Gasteiger partial charge on any atom is 0.0409 e. The number of hydrogen-bond donors (Lipinski definition) is 1. The molecule has 1 N–H and O–H groups in total. The minimum atomic E-state index is 1.05. The summed E-state index contributed by atoms with van der Waals surface area (Å²) in [6.07, 6.45) is 5.48. The van der Waals surface area contributed by atoms with Crippen LogP contribution in [0.4, 0.5) is 0 Å². The lowest BCUT2D eigenvalue weighted by Gasteiger charge is -1.95. The van der Waals surface area contributed by atoms with Gasteiger partial charge in [0.2, 0.25) is 0 Å². The van der Waals surface area contributed by atoms with Crippen LogP contribution in [0.1, 0.15) is 18.2 Å². The number of rotatable bonds is 5. The number of halogens is 1. The van der Waals surface area contributed by atoms with Gasteiger partial charge in [-0.1, -0.05) is 13.0 Å². The molecular weight excluding hydrogens is 246 g/mol. The molecule has 3 heteroatoms. The lowest BCUT2D eigenvalue weighted by Crippen LogP contribution is -2.12. The zero-order valence-corrected chi connectivity index (χ0v) is 10.1. The van der Waals surface area contributed by atoms with E-state index in [4.69, 9.17) is 0 Å². The second kappa shape index (κ2) is 6.35. The van der Waals surface area contributed by atoms with E-state index in [0.29, 0.717) is 0 Å². The van der Waals surface area contributed by atoms with Gasteiger partial charge in [-0.05, 0) is 53.0 Å². The van der Waals surface area contributed by atoms with Crippen LogP contribution in [0, 0.1) is 0 Å². The summed E-state index contributed by atoms with van der Waals surface area (Å²) >= 11 is 5.25. The summed E-state index contributed by atoms with van der Waals surface area (Å²) in [5.74, 6) is 0. The second-order valence-corrected chi connectivity index (χ2v) is 4.48. The van der Waals surface area contributed by atoms with E-state index in [-0.39, 0.29) is 0 Å². The molecule has 0 spiro atoms. The van der Waals surface area contributed by atoms with E-state index in [1.165, 1.54) is 9.35 Å². The SMILES string of the molecule is CCNCCC=Cc1sccc1Br. The van der Waals surface area contributed by atoms with Crippen molar-refractivity contribution in [1.29, 1.82) is 0 Å². The quantitative estimate of drug-likeness (QED) is 0.799. The van der Waals surface area contributed by atoms with Crippen LogP contribution in [0.25, 0.3) is 6.08 Å². The molecule has 0 fully saturated rings. The predicted molar refractivity (Wildman–Crippen MR) is 64.2 cm³/mol. The van der Waals surface area contributed by atoms with Crippen LogP contribution in [0.3, 0.4) is 0 Å². The van der Waals surface area contributed by atoms with Crippen molar-refractivity contribution in [3.63, 3.8) is 0 Å². The van der Waals surface area contributed by atoms with Crippen molar-refractivity contribution < 1.29 is 0 Å². The first-order chi connectivity index (χ1) is 6.34. The lowest BCUT2D eigenvalue weighted by molar-refractivity contribution is 0.727. The van der Waals surface area contributed by atoms with Crippen LogP contribution < -0.4 is 5.32 Å². The highest BCUT2D eigenvalue weighted by Gasteiger charge is 1.94. The Morgan fingerprint density at radius 1 is 1.62 bits per heavy atom. The van der Waals surface area contributed by atoms with Gasteiger partial charge in [0, 0.05) is 9.35 Å². The number of hydrogen-bond acceptors (Lipinski definition) is 2. The highest BCUT2D eigenvalue weighted by Crippen LogP contribution is 2.23. The molecule has 0 saturated heterocycles. The zero-order chi connectivity index (χ0) is 9.52. The highest BCUT2D eigenvalue weighted by atomic mass is 79.9. The molecule has 0 saturated carbocycles. The van der Waals surface area contributed by atoms with Crippen molar-refractivity contribution in [2.45, 2.75) is 13.3 Å². The van der Waals surface area contributed by atoms with Gasteiger partial charge in [0.25, 0.3) is 0 Å². The molecule has 72 valence electrons. The lowest BCUT2D eigenvalue weighted by atomic mass is 10.3. The molecule has 0 amide bonds. The number of nitrogens with one attached hydrogen (secondary N) is 1. The van der Waals surface area contributed by atoms with E-state index < -0.39 is 0 Å². The van der Waals surface area contributed by atoms with Crippen molar-refractivity contribution in [3.05, 3.63) is 26.9 Å². The summed E-state index contributed by atoms with van der Waals surface area (Å²) < 4.78 is 1.19. The fraction of sp³-hybridized carbons (Fsp3) is 0.400. The standard InChI is InChI=1S/C10H14BrNS/c1-2-12-7-4-3-5-10-9(11)6-8-13-10/h3,5-6,8,12H,2,4,7H2,1H3. The molecule has 0 aromatic carbocycles. The first kappa shape index (κ1) is 11.0. The van der Waals surface area contributed by atoms with E-state index in [1.54, 1.807) is 11.3 Å². The molecule has 1 nitrogen and oxygen atoms in total. The van der Waals surface area contributed by atoms with E-state index in [0.717, 1.165) is 19.5 Å². The van der Waals surface area contributed by atoms with Gasteiger partial charge in [-0.25, -0.2) is 0 Å². The van der Waals surface area contributed by atoms with E-state index in [9.17, 15) is 0 Å². The largest absolute Gasteiger partial charge is 0.317 e. The van der Waals surface area contributed by atoms with Crippen molar-refractivity contribution in [1.82, 2.24) is 5.32 Å². The van der Waals surface area contributed by atoms with Gasteiger partial charge in [0.05, 0.1) is 0 Å². The summed E-state index contributed by atoms with van der Waals surface area (Å²) in [6, 6.07) is 2.08. The highest BCUT2D eigenvalue weighted by molar-refractivity contribution is 9.10. The third kappa shape index (κ3) is 4.07. The molecular formula is C10H14BrNS.